The Morgan fingerprint density at radius 1 is 1.44 bits per heavy atom. The first-order valence-electron chi connectivity index (χ1n) is 6.10. The number of nitrogens with one attached hydrogen (secondary N) is 1. The third-order valence-corrected chi connectivity index (χ3v) is 4.60. The standard InChI is InChI=1S/C13H15ClN2OS/c1-17-10-4-3-9(7-10)15-13-16-11-6-8(14)2-5-12(11)18-13/h2,5-6,9-10H,3-4,7H2,1H3,(H,15,16). The molecule has 2 aromatic rings. The van der Waals surface area contributed by atoms with Crippen LogP contribution in [0.25, 0.3) is 10.2 Å². The van der Waals surface area contributed by atoms with Crippen molar-refractivity contribution in [1.82, 2.24) is 4.98 Å². The largest absolute Gasteiger partial charge is 0.381 e. The Kier molecular flexibility index (Phi) is 3.41. The van der Waals surface area contributed by atoms with E-state index in [4.69, 9.17) is 16.3 Å². The van der Waals surface area contributed by atoms with Gasteiger partial charge in [-0.1, -0.05) is 22.9 Å². The van der Waals surface area contributed by atoms with Crippen LogP contribution in [0.15, 0.2) is 18.2 Å². The number of hydrogen-bond acceptors (Lipinski definition) is 4. The minimum Gasteiger partial charge on any atom is -0.381 e. The van der Waals surface area contributed by atoms with E-state index in [-0.39, 0.29) is 0 Å². The number of rotatable bonds is 3. The summed E-state index contributed by atoms with van der Waals surface area (Å²) in [6, 6.07) is 6.31. The number of anilines is 1. The minimum atomic E-state index is 0.395. The molecule has 1 aromatic carbocycles. The summed E-state index contributed by atoms with van der Waals surface area (Å²) in [5.74, 6) is 0. The van der Waals surface area contributed by atoms with E-state index in [0.29, 0.717) is 12.1 Å². The van der Waals surface area contributed by atoms with Crippen molar-refractivity contribution in [1.29, 1.82) is 0 Å². The van der Waals surface area contributed by atoms with Crippen LogP contribution in [-0.2, 0) is 4.74 Å². The zero-order valence-electron chi connectivity index (χ0n) is 10.1. The summed E-state index contributed by atoms with van der Waals surface area (Å²) in [5, 5.41) is 5.21. The van der Waals surface area contributed by atoms with E-state index >= 15 is 0 Å². The molecular formula is C13H15ClN2OS. The summed E-state index contributed by atoms with van der Waals surface area (Å²) < 4.78 is 6.55. The Labute approximate surface area is 115 Å². The van der Waals surface area contributed by atoms with Gasteiger partial charge in [0.1, 0.15) is 0 Å². The maximum absolute atomic E-state index is 5.96. The highest BCUT2D eigenvalue weighted by Crippen LogP contribution is 2.31. The molecule has 1 aliphatic carbocycles. The molecule has 2 atom stereocenters. The van der Waals surface area contributed by atoms with Gasteiger partial charge in [0.15, 0.2) is 5.13 Å². The predicted molar refractivity (Wildman–Crippen MR) is 76.7 cm³/mol. The maximum atomic E-state index is 5.96. The van der Waals surface area contributed by atoms with E-state index in [2.05, 4.69) is 10.3 Å². The lowest BCUT2D eigenvalue weighted by atomic mass is 10.2. The topological polar surface area (TPSA) is 34.1 Å². The highest BCUT2D eigenvalue weighted by molar-refractivity contribution is 7.22. The smallest absolute Gasteiger partial charge is 0.184 e. The molecule has 0 saturated heterocycles. The lowest BCUT2D eigenvalue weighted by Crippen LogP contribution is -2.16. The number of ether oxygens (including phenoxy) is 1. The van der Waals surface area contributed by atoms with Crippen LogP contribution in [0.2, 0.25) is 5.02 Å². The van der Waals surface area contributed by atoms with Gasteiger partial charge in [-0.25, -0.2) is 4.98 Å². The molecule has 1 N–H and O–H groups in total. The summed E-state index contributed by atoms with van der Waals surface area (Å²) in [7, 11) is 1.78. The third-order valence-electron chi connectivity index (χ3n) is 3.40. The second-order valence-electron chi connectivity index (χ2n) is 4.64. The van der Waals surface area contributed by atoms with Gasteiger partial charge in [0.25, 0.3) is 0 Å². The summed E-state index contributed by atoms with van der Waals surface area (Å²) in [6.07, 6.45) is 3.74. The van der Waals surface area contributed by atoms with E-state index in [1.807, 2.05) is 18.2 Å². The third kappa shape index (κ3) is 2.46. The van der Waals surface area contributed by atoms with Gasteiger partial charge in [-0.2, -0.15) is 0 Å². The number of methoxy groups -OCH3 is 1. The first-order valence-corrected chi connectivity index (χ1v) is 7.29. The van der Waals surface area contributed by atoms with E-state index in [0.717, 1.165) is 34.9 Å². The van der Waals surface area contributed by atoms with E-state index < -0.39 is 0 Å². The molecule has 3 nitrogen and oxygen atoms in total. The number of nitrogens with zero attached hydrogens (tertiary/aromatic N) is 1. The van der Waals surface area contributed by atoms with Crippen LogP contribution < -0.4 is 5.32 Å². The lowest BCUT2D eigenvalue weighted by molar-refractivity contribution is 0.108. The van der Waals surface area contributed by atoms with Crippen LogP contribution in [0.4, 0.5) is 5.13 Å². The normalized spacial score (nSPS) is 23.7. The zero-order chi connectivity index (χ0) is 12.5. The van der Waals surface area contributed by atoms with Crippen LogP contribution in [-0.4, -0.2) is 24.2 Å². The molecule has 96 valence electrons. The molecule has 2 unspecified atom stereocenters. The van der Waals surface area contributed by atoms with Crippen LogP contribution in [0.5, 0.6) is 0 Å². The van der Waals surface area contributed by atoms with Gasteiger partial charge in [-0.3, -0.25) is 0 Å². The number of aromatic nitrogens is 1. The molecule has 0 radical (unpaired) electrons. The van der Waals surface area contributed by atoms with Crippen molar-refractivity contribution in [2.24, 2.45) is 0 Å². The first-order chi connectivity index (χ1) is 8.74. The number of hydrogen-bond donors (Lipinski definition) is 1. The second kappa shape index (κ2) is 5.03. The summed E-state index contributed by atoms with van der Waals surface area (Å²) in [4.78, 5) is 4.57. The average Bonchev–Trinajstić information content (AvgIpc) is 2.95. The Morgan fingerprint density at radius 2 is 2.33 bits per heavy atom. The van der Waals surface area contributed by atoms with Gasteiger partial charge in [0.05, 0.1) is 16.3 Å². The summed E-state index contributed by atoms with van der Waals surface area (Å²) in [5.41, 5.74) is 0.969. The van der Waals surface area contributed by atoms with Gasteiger partial charge in [-0.05, 0) is 37.5 Å². The minimum absolute atomic E-state index is 0.395. The molecule has 0 aliphatic heterocycles. The molecular weight excluding hydrogens is 268 g/mol. The van der Waals surface area contributed by atoms with Gasteiger partial charge in [-0.15, -0.1) is 0 Å². The fourth-order valence-corrected chi connectivity index (χ4v) is 3.51. The van der Waals surface area contributed by atoms with Crippen molar-refractivity contribution in [3.8, 4) is 0 Å². The number of thiazole rings is 1. The fourth-order valence-electron chi connectivity index (χ4n) is 2.42. The highest BCUT2D eigenvalue weighted by atomic mass is 35.5. The SMILES string of the molecule is COC1CCC(Nc2nc3cc(Cl)ccc3s2)C1. The molecule has 3 rings (SSSR count). The van der Waals surface area contributed by atoms with E-state index in [1.54, 1.807) is 18.4 Å². The van der Waals surface area contributed by atoms with Gasteiger partial charge < -0.3 is 10.1 Å². The zero-order valence-corrected chi connectivity index (χ0v) is 11.7. The molecule has 1 heterocycles. The molecule has 1 aliphatic rings. The van der Waals surface area contributed by atoms with Crippen molar-refractivity contribution in [3.63, 3.8) is 0 Å². The van der Waals surface area contributed by atoms with Crippen LogP contribution in [0.3, 0.4) is 0 Å². The quantitative estimate of drug-likeness (QED) is 0.926. The van der Waals surface area contributed by atoms with E-state index in [1.165, 1.54) is 4.70 Å². The van der Waals surface area contributed by atoms with E-state index in [9.17, 15) is 0 Å². The Hall–Kier alpha value is -0.840. The van der Waals surface area contributed by atoms with Gasteiger partial charge in [0, 0.05) is 18.2 Å². The molecule has 18 heavy (non-hydrogen) atoms. The number of halogens is 1. The van der Waals surface area contributed by atoms with Crippen molar-refractivity contribution in [2.75, 3.05) is 12.4 Å². The molecule has 1 aromatic heterocycles. The van der Waals surface area contributed by atoms with Crippen LogP contribution in [0, 0.1) is 0 Å². The number of fused-ring (bicyclic) bond motifs is 1. The van der Waals surface area contributed by atoms with Crippen molar-refractivity contribution >= 4 is 38.3 Å². The molecule has 5 heteroatoms. The van der Waals surface area contributed by atoms with Crippen molar-refractivity contribution < 1.29 is 4.74 Å². The summed E-state index contributed by atoms with van der Waals surface area (Å²) in [6.45, 7) is 0. The molecule has 0 amide bonds. The monoisotopic (exact) mass is 282 g/mol. The lowest BCUT2D eigenvalue weighted by Gasteiger charge is -2.11. The molecule has 0 bridgehead atoms. The van der Waals surface area contributed by atoms with Crippen molar-refractivity contribution in [3.05, 3.63) is 23.2 Å². The van der Waals surface area contributed by atoms with Crippen LogP contribution >= 0.6 is 22.9 Å². The Morgan fingerprint density at radius 3 is 3.11 bits per heavy atom. The first kappa shape index (κ1) is 12.2. The average molecular weight is 283 g/mol. The Balaban J connectivity index is 1.75. The van der Waals surface area contributed by atoms with Crippen LogP contribution in [0.1, 0.15) is 19.3 Å². The molecule has 1 saturated carbocycles. The molecule has 0 spiro atoms. The maximum Gasteiger partial charge on any atom is 0.184 e. The second-order valence-corrected chi connectivity index (χ2v) is 6.11. The molecule has 1 fully saturated rings. The summed E-state index contributed by atoms with van der Waals surface area (Å²) >= 11 is 7.64. The predicted octanol–water partition coefficient (Wildman–Crippen LogP) is 3.93. The van der Waals surface area contributed by atoms with Gasteiger partial charge >= 0.3 is 0 Å². The van der Waals surface area contributed by atoms with Crippen molar-refractivity contribution in [2.45, 2.75) is 31.4 Å². The van der Waals surface area contributed by atoms with Gasteiger partial charge in [0.2, 0.25) is 0 Å². The Bertz CT molecular complexity index is 557. The fraction of sp³-hybridized carbons (Fsp3) is 0.462. The number of benzene rings is 1. The highest BCUT2D eigenvalue weighted by Gasteiger charge is 2.24.